The van der Waals surface area contributed by atoms with Crippen LogP contribution in [0.3, 0.4) is 0 Å². The average Bonchev–Trinajstić information content (AvgIpc) is 3.32. The van der Waals surface area contributed by atoms with Crippen molar-refractivity contribution in [2.75, 3.05) is 21.3 Å². The molecule has 8 nitrogen and oxygen atoms in total. The van der Waals surface area contributed by atoms with Crippen LogP contribution in [0.4, 0.5) is 0 Å². The van der Waals surface area contributed by atoms with Crippen LogP contribution in [0.5, 0.6) is 11.5 Å². The molecule has 0 bridgehead atoms. The molecule has 1 fully saturated rings. The summed E-state index contributed by atoms with van der Waals surface area (Å²) in [5.41, 5.74) is 6.57. The van der Waals surface area contributed by atoms with Gasteiger partial charge in [-0.25, -0.2) is 0 Å². The largest absolute Gasteiger partial charge is 0.496 e. The van der Waals surface area contributed by atoms with E-state index in [0.29, 0.717) is 29.0 Å². The van der Waals surface area contributed by atoms with Crippen LogP contribution in [0, 0.1) is 24.2 Å². The second kappa shape index (κ2) is 11.2. The molecule has 1 aromatic heterocycles. The first-order valence-electron chi connectivity index (χ1n) is 13.1. The third kappa shape index (κ3) is 4.58. The molecule has 0 saturated heterocycles. The van der Waals surface area contributed by atoms with Crippen LogP contribution in [0.15, 0.2) is 42.5 Å². The maximum absolute atomic E-state index is 13.7. The van der Waals surface area contributed by atoms with Crippen molar-refractivity contribution in [3.8, 4) is 17.6 Å². The number of fused-ring (bicyclic) bond motifs is 1. The molecule has 1 saturated carbocycles. The molecule has 3 aromatic rings. The molecule has 4 rings (SSSR count). The van der Waals surface area contributed by atoms with Crippen molar-refractivity contribution in [2.24, 2.45) is 11.7 Å². The molecular formula is C30H36N4O4. The molecule has 0 spiro atoms. The van der Waals surface area contributed by atoms with Crippen LogP contribution >= 0.6 is 0 Å². The molecule has 3 N–H and O–H groups in total. The number of aryl methyl sites for hydroxylation is 1. The van der Waals surface area contributed by atoms with E-state index in [9.17, 15) is 14.9 Å². The Balaban J connectivity index is 2.11. The molecule has 2 unspecified atom stereocenters. The molecule has 2 atom stereocenters. The predicted octanol–water partition coefficient (Wildman–Crippen LogP) is 4.78. The molecule has 0 aliphatic heterocycles. The fourth-order valence-corrected chi connectivity index (χ4v) is 6.12. The van der Waals surface area contributed by atoms with Crippen LogP contribution in [0.1, 0.15) is 66.1 Å². The van der Waals surface area contributed by atoms with Gasteiger partial charge in [-0.15, -0.1) is 0 Å². The minimum absolute atomic E-state index is 0.188. The number of hydrogen-bond donors (Lipinski definition) is 2. The summed E-state index contributed by atoms with van der Waals surface area (Å²) in [6.07, 6.45) is 5.83. The highest BCUT2D eigenvalue weighted by atomic mass is 16.5. The summed E-state index contributed by atoms with van der Waals surface area (Å²) in [6.45, 7) is 1.93. The van der Waals surface area contributed by atoms with E-state index in [1.807, 2.05) is 37.3 Å². The number of nitrogens with two attached hydrogens (primary N) is 1. The lowest BCUT2D eigenvalue weighted by Gasteiger charge is -2.39. The summed E-state index contributed by atoms with van der Waals surface area (Å²) < 4.78 is 13.2. The van der Waals surface area contributed by atoms with E-state index in [0.717, 1.165) is 36.6 Å². The van der Waals surface area contributed by atoms with E-state index in [1.54, 1.807) is 26.4 Å². The van der Waals surface area contributed by atoms with Crippen molar-refractivity contribution in [3.63, 3.8) is 0 Å². The van der Waals surface area contributed by atoms with Crippen LogP contribution in [-0.2, 0) is 10.3 Å². The van der Waals surface area contributed by atoms with Crippen molar-refractivity contribution in [1.82, 2.24) is 9.88 Å². The molecule has 0 radical (unpaired) electrons. The van der Waals surface area contributed by atoms with Gasteiger partial charge in [-0.3, -0.25) is 9.59 Å². The number of benzene rings is 2. The Hall–Kier alpha value is -3.99. The molecule has 38 heavy (non-hydrogen) atoms. The third-order valence-corrected chi connectivity index (χ3v) is 7.90. The van der Waals surface area contributed by atoms with Gasteiger partial charge in [0.2, 0.25) is 5.54 Å². The fourth-order valence-electron chi connectivity index (χ4n) is 6.12. The second-order valence-corrected chi connectivity index (χ2v) is 10.1. The number of rotatable bonds is 9. The Bertz CT molecular complexity index is 1360. The van der Waals surface area contributed by atoms with Gasteiger partial charge in [-0.05, 0) is 49.1 Å². The van der Waals surface area contributed by atoms with Gasteiger partial charge in [-0.2, -0.15) is 5.26 Å². The molecular weight excluding hydrogens is 480 g/mol. The zero-order valence-electron chi connectivity index (χ0n) is 22.5. The number of amides is 2. The van der Waals surface area contributed by atoms with Crippen LogP contribution in [0.2, 0.25) is 0 Å². The summed E-state index contributed by atoms with van der Waals surface area (Å²) in [4.78, 5) is 26.9. The SMILES string of the molecule is CNC(=O)c1cc2ccccc2n1C(C#N)(C(N)=O)C(CC1CCCCC1)c1c(OC)cc(C)cc1OC. The summed E-state index contributed by atoms with van der Waals surface area (Å²) in [5.74, 6) is -0.707. The fraction of sp³-hybridized carbons (Fsp3) is 0.433. The van der Waals surface area contributed by atoms with Gasteiger partial charge in [0.1, 0.15) is 23.3 Å². The molecule has 1 aliphatic rings. The smallest absolute Gasteiger partial charge is 0.267 e. The summed E-state index contributed by atoms with van der Waals surface area (Å²) in [5, 5.41) is 14.4. The molecule has 200 valence electrons. The number of ether oxygens (including phenoxy) is 2. The average molecular weight is 517 g/mol. The number of aromatic nitrogens is 1. The first-order chi connectivity index (χ1) is 18.3. The van der Waals surface area contributed by atoms with Gasteiger partial charge in [-0.1, -0.05) is 50.3 Å². The van der Waals surface area contributed by atoms with Crippen LogP contribution < -0.4 is 20.5 Å². The normalized spacial score (nSPS) is 16.3. The number of hydrogen-bond acceptors (Lipinski definition) is 5. The first kappa shape index (κ1) is 27.1. The van der Waals surface area contributed by atoms with Gasteiger partial charge in [0.15, 0.2) is 0 Å². The maximum Gasteiger partial charge on any atom is 0.267 e. The van der Waals surface area contributed by atoms with Gasteiger partial charge in [0.25, 0.3) is 11.8 Å². The Morgan fingerprint density at radius 3 is 2.32 bits per heavy atom. The highest BCUT2D eigenvalue weighted by Crippen LogP contribution is 2.50. The maximum atomic E-state index is 13.7. The van der Waals surface area contributed by atoms with E-state index in [2.05, 4.69) is 11.4 Å². The quantitative estimate of drug-likeness (QED) is 0.424. The zero-order chi connectivity index (χ0) is 27.4. The van der Waals surface area contributed by atoms with E-state index < -0.39 is 23.3 Å². The standard InChI is InChI=1S/C30H36N4O4/c1-19-14-25(37-3)27(26(15-19)38-4)22(16-20-10-6-5-7-11-20)30(18-31,29(32)36)34-23-13-9-8-12-21(23)17-24(34)28(35)33-2/h8-9,12-15,17,20,22H,5-7,10-11,16H2,1-4H3,(H2,32,36)(H,33,35). The van der Waals surface area contributed by atoms with E-state index in [-0.39, 0.29) is 11.6 Å². The van der Waals surface area contributed by atoms with Crippen molar-refractivity contribution < 1.29 is 19.1 Å². The predicted molar refractivity (Wildman–Crippen MR) is 146 cm³/mol. The van der Waals surface area contributed by atoms with Crippen molar-refractivity contribution >= 4 is 22.7 Å². The Morgan fingerprint density at radius 1 is 1.13 bits per heavy atom. The van der Waals surface area contributed by atoms with E-state index in [1.165, 1.54) is 18.0 Å². The lowest BCUT2D eigenvalue weighted by atomic mass is 9.70. The highest BCUT2D eigenvalue weighted by molar-refractivity contribution is 6.01. The second-order valence-electron chi connectivity index (χ2n) is 10.1. The molecule has 8 heteroatoms. The number of methoxy groups -OCH3 is 2. The summed E-state index contributed by atoms with van der Waals surface area (Å²) in [7, 11) is 4.65. The first-order valence-corrected chi connectivity index (χ1v) is 13.1. The number of nitriles is 1. The highest BCUT2D eigenvalue weighted by Gasteiger charge is 2.52. The van der Waals surface area contributed by atoms with Gasteiger partial charge in [0, 0.05) is 23.9 Å². The molecule has 1 aliphatic carbocycles. The number of primary amides is 1. The topological polar surface area (TPSA) is 119 Å². The van der Waals surface area contributed by atoms with Crippen molar-refractivity contribution in [3.05, 3.63) is 59.3 Å². The van der Waals surface area contributed by atoms with E-state index in [4.69, 9.17) is 15.2 Å². The Labute approximate surface area is 223 Å². The van der Waals surface area contributed by atoms with Gasteiger partial charge >= 0.3 is 0 Å². The monoisotopic (exact) mass is 516 g/mol. The van der Waals surface area contributed by atoms with Crippen LogP contribution in [0.25, 0.3) is 10.9 Å². The number of nitrogens with one attached hydrogen (secondary N) is 1. The minimum Gasteiger partial charge on any atom is -0.496 e. The van der Waals surface area contributed by atoms with Crippen molar-refractivity contribution in [2.45, 2.75) is 56.9 Å². The number of carbonyl (C=O) groups excluding carboxylic acids is 2. The lowest BCUT2D eigenvalue weighted by molar-refractivity contribution is -0.125. The number of nitrogens with zero attached hydrogens (tertiary/aromatic N) is 2. The van der Waals surface area contributed by atoms with Crippen molar-refractivity contribution in [1.29, 1.82) is 5.26 Å². The zero-order valence-corrected chi connectivity index (χ0v) is 22.5. The minimum atomic E-state index is -1.95. The summed E-state index contributed by atoms with van der Waals surface area (Å²) >= 11 is 0. The molecule has 2 amide bonds. The number of para-hydroxylation sites is 1. The molecule has 1 heterocycles. The number of carbonyl (C=O) groups is 2. The third-order valence-electron chi connectivity index (χ3n) is 7.90. The Kier molecular flexibility index (Phi) is 7.96. The Morgan fingerprint density at radius 2 is 1.76 bits per heavy atom. The van der Waals surface area contributed by atoms with Gasteiger partial charge < -0.3 is 25.1 Å². The molecule has 2 aromatic carbocycles. The summed E-state index contributed by atoms with van der Waals surface area (Å²) in [6, 6.07) is 15.1. The van der Waals surface area contributed by atoms with Crippen LogP contribution in [-0.4, -0.2) is 37.6 Å². The van der Waals surface area contributed by atoms with Gasteiger partial charge in [0.05, 0.1) is 19.7 Å². The lowest BCUT2D eigenvalue weighted by Crippen LogP contribution is -2.52. The van der Waals surface area contributed by atoms with E-state index >= 15 is 0 Å².